The van der Waals surface area contributed by atoms with E-state index in [1.165, 1.54) is 18.4 Å². The molecule has 3 aromatic rings. The highest BCUT2D eigenvalue weighted by molar-refractivity contribution is 7.90. The van der Waals surface area contributed by atoms with Gasteiger partial charge < -0.3 is 9.73 Å². The lowest BCUT2D eigenvalue weighted by atomic mass is 10.2. The molecule has 0 saturated heterocycles. The van der Waals surface area contributed by atoms with Gasteiger partial charge in [-0.25, -0.2) is 0 Å². The number of para-hydroxylation sites is 1. The van der Waals surface area contributed by atoms with Crippen molar-refractivity contribution < 1.29 is 17.6 Å². The van der Waals surface area contributed by atoms with Gasteiger partial charge in [0.2, 0.25) is 0 Å². The molecule has 0 spiro atoms. The number of hydrogen-bond acceptors (Lipinski definition) is 5. The average molecular weight is 407 g/mol. The summed E-state index contributed by atoms with van der Waals surface area (Å²) >= 11 is 0. The smallest absolute Gasteiger partial charge is 0.291 e. The van der Waals surface area contributed by atoms with E-state index in [2.05, 4.69) is 9.71 Å². The lowest BCUT2D eigenvalue weighted by Gasteiger charge is -2.31. The monoisotopic (exact) mass is 407 g/mol. The number of hydrogen-bond donors (Lipinski definition) is 1. The first-order valence-corrected chi connectivity index (χ1v) is 10.7. The molecule has 7 nitrogen and oxygen atoms in total. The van der Waals surface area contributed by atoms with E-state index in [1.807, 2.05) is 35.2 Å². The largest absolute Gasteiger partial charge is 0.459 e. The number of furan rings is 1. The number of fused-ring (bicyclic) bond motifs is 1. The maximum Gasteiger partial charge on any atom is 0.291 e. The van der Waals surface area contributed by atoms with Crippen LogP contribution in [0.2, 0.25) is 0 Å². The van der Waals surface area contributed by atoms with E-state index >= 15 is 0 Å². The fraction of sp³-hybridized carbons (Fsp3) is 0.143. The zero-order valence-electron chi connectivity index (χ0n) is 15.3. The average Bonchev–Trinajstić information content (AvgIpc) is 3.42. The molecule has 2 aromatic carbocycles. The van der Waals surface area contributed by atoms with Crippen LogP contribution in [0.5, 0.6) is 0 Å². The zero-order valence-corrected chi connectivity index (χ0v) is 16.1. The van der Waals surface area contributed by atoms with Crippen LogP contribution in [-0.4, -0.2) is 20.2 Å². The number of rotatable bonds is 4. The van der Waals surface area contributed by atoms with Gasteiger partial charge in [-0.05, 0) is 55.3 Å². The van der Waals surface area contributed by atoms with Crippen LogP contribution >= 0.6 is 0 Å². The third-order valence-electron chi connectivity index (χ3n) is 4.88. The van der Waals surface area contributed by atoms with Crippen molar-refractivity contribution in [3.05, 3.63) is 72.7 Å². The number of benzene rings is 2. The Morgan fingerprint density at radius 2 is 1.86 bits per heavy atom. The number of amidine groups is 1. The van der Waals surface area contributed by atoms with Gasteiger partial charge in [-0.3, -0.25) is 9.69 Å². The van der Waals surface area contributed by atoms with Crippen molar-refractivity contribution in [2.45, 2.75) is 17.7 Å². The molecule has 29 heavy (non-hydrogen) atoms. The molecule has 8 heteroatoms. The van der Waals surface area contributed by atoms with Gasteiger partial charge in [-0.15, -0.1) is 4.40 Å². The molecule has 1 fully saturated rings. The number of amides is 1. The van der Waals surface area contributed by atoms with Gasteiger partial charge in [0.05, 0.1) is 12.0 Å². The van der Waals surface area contributed by atoms with Crippen molar-refractivity contribution >= 4 is 38.8 Å². The molecular weight excluding hydrogens is 390 g/mol. The van der Waals surface area contributed by atoms with Gasteiger partial charge in [-0.2, -0.15) is 8.42 Å². The molecule has 1 aliphatic carbocycles. The lowest BCUT2D eigenvalue weighted by Crippen LogP contribution is -2.33. The molecule has 2 aliphatic rings. The van der Waals surface area contributed by atoms with Crippen LogP contribution in [0, 0.1) is 5.92 Å². The molecule has 0 unspecified atom stereocenters. The number of nitrogens with zero attached hydrogens (tertiary/aromatic N) is 2. The molecule has 1 amide bonds. The minimum Gasteiger partial charge on any atom is -0.459 e. The van der Waals surface area contributed by atoms with Gasteiger partial charge in [-0.1, -0.05) is 18.2 Å². The molecule has 5 rings (SSSR count). The second kappa shape index (κ2) is 6.59. The minimum absolute atomic E-state index is 0.0583. The highest BCUT2D eigenvalue weighted by Crippen LogP contribution is 2.44. The van der Waals surface area contributed by atoms with Gasteiger partial charge >= 0.3 is 0 Å². The quantitative estimate of drug-likeness (QED) is 0.700. The molecule has 0 radical (unpaired) electrons. The van der Waals surface area contributed by atoms with E-state index in [-0.39, 0.29) is 16.6 Å². The van der Waals surface area contributed by atoms with Gasteiger partial charge in [0.1, 0.15) is 10.7 Å². The molecule has 1 aliphatic heterocycles. The Hall–Kier alpha value is -3.39. The first-order valence-electron chi connectivity index (χ1n) is 9.22. The number of nitrogens with one attached hydrogen (secondary N) is 1. The first kappa shape index (κ1) is 17.7. The van der Waals surface area contributed by atoms with E-state index in [4.69, 9.17) is 4.42 Å². The standard InChI is InChI=1S/C21H17N3O4S/c25-21(18-7-4-12-28-18)22-15-10-11-17-19(13-15)29(26,27)23-20(14-8-9-14)24(17)16-5-2-1-3-6-16/h1-7,10-14H,8-9H2,(H,22,25). The van der Waals surface area contributed by atoms with Crippen molar-refractivity contribution in [2.75, 3.05) is 10.2 Å². The number of anilines is 3. The summed E-state index contributed by atoms with van der Waals surface area (Å²) in [6, 6.07) is 17.5. The fourth-order valence-corrected chi connectivity index (χ4v) is 4.64. The Morgan fingerprint density at radius 1 is 1.07 bits per heavy atom. The SMILES string of the molecule is O=C(Nc1ccc2c(c1)S(=O)(=O)N=C(C1CC1)N2c1ccccc1)c1ccco1. The summed E-state index contributed by atoms with van der Waals surface area (Å²) in [4.78, 5) is 14.2. The summed E-state index contributed by atoms with van der Waals surface area (Å²) in [5, 5.41) is 2.67. The van der Waals surface area contributed by atoms with Crippen LogP contribution in [0.3, 0.4) is 0 Å². The zero-order chi connectivity index (χ0) is 20.0. The summed E-state index contributed by atoms with van der Waals surface area (Å²) in [5.41, 5.74) is 1.73. The van der Waals surface area contributed by atoms with Gasteiger partial charge in [0.25, 0.3) is 15.9 Å². The summed E-state index contributed by atoms with van der Waals surface area (Å²) < 4.78 is 35.0. The third kappa shape index (κ3) is 3.21. The molecule has 1 aromatic heterocycles. The number of sulfonamides is 1. The normalized spacial score (nSPS) is 17.4. The van der Waals surface area contributed by atoms with E-state index in [9.17, 15) is 13.2 Å². The molecule has 2 heterocycles. The molecule has 146 valence electrons. The first-order chi connectivity index (χ1) is 14.0. The van der Waals surface area contributed by atoms with Crippen LogP contribution < -0.4 is 10.2 Å². The van der Waals surface area contributed by atoms with E-state index in [1.54, 1.807) is 18.2 Å². The lowest BCUT2D eigenvalue weighted by molar-refractivity contribution is 0.0996. The second-order valence-electron chi connectivity index (χ2n) is 6.98. The van der Waals surface area contributed by atoms with Crippen molar-refractivity contribution in [1.82, 2.24) is 0 Å². The Kier molecular flexibility index (Phi) is 4.02. The van der Waals surface area contributed by atoms with Crippen molar-refractivity contribution in [2.24, 2.45) is 10.3 Å². The summed E-state index contributed by atoms with van der Waals surface area (Å²) in [6.07, 6.45) is 3.24. The Balaban J connectivity index is 1.59. The van der Waals surface area contributed by atoms with Crippen molar-refractivity contribution in [1.29, 1.82) is 0 Å². The minimum atomic E-state index is -3.88. The molecule has 0 bridgehead atoms. The van der Waals surface area contributed by atoms with Crippen LogP contribution in [-0.2, 0) is 10.0 Å². The fourth-order valence-electron chi connectivity index (χ4n) is 3.37. The summed E-state index contributed by atoms with van der Waals surface area (Å²) in [7, 11) is -3.88. The van der Waals surface area contributed by atoms with E-state index in [0.29, 0.717) is 17.2 Å². The number of carbonyl (C=O) groups is 1. The highest BCUT2D eigenvalue weighted by atomic mass is 32.2. The van der Waals surface area contributed by atoms with Crippen molar-refractivity contribution in [3.8, 4) is 0 Å². The van der Waals surface area contributed by atoms with Crippen molar-refractivity contribution in [3.63, 3.8) is 0 Å². The highest BCUT2D eigenvalue weighted by Gasteiger charge is 2.40. The van der Waals surface area contributed by atoms with Crippen LogP contribution in [0.25, 0.3) is 0 Å². The van der Waals surface area contributed by atoms with Gasteiger partial charge in [0.15, 0.2) is 5.76 Å². The van der Waals surface area contributed by atoms with E-state index in [0.717, 1.165) is 18.5 Å². The van der Waals surface area contributed by atoms with Crippen LogP contribution in [0.1, 0.15) is 23.4 Å². The Bertz CT molecular complexity index is 1210. The molecule has 1 N–H and O–H groups in total. The molecular formula is C21H17N3O4S. The molecule has 1 saturated carbocycles. The Labute approximate surface area is 167 Å². The molecule has 0 atom stereocenters. The topological polar surface area (TPSA) is 92.0 Å². The van der Waals surface area contributed by atoms with Crippen LogP contribution in [0.4, 0.5) is 17.1 Å². The van der Waals surface area contributed by atoms with E-state index < -0.39 is 15.9 Å². The van der Waals surface area contributed by atoms with Gasteiger partial charge in [0, 0.05) is 17.3 Å². The summed E-state index contributed by atoms with van der Waals surface area (Å²) in [5.74, 6) is 0.378. The third-order valence-corrected chi connectivity index (χ3v) is 6.19. The second-order valence-corrected chi connectivity index (χ2v) is 8.56. The predicted octanol–water partition coefficient (Wildman–Crippen LogP) is 4.18. The Morgan fingerprint density at radius 3 is 2.55 bits per heavy atom. The predicted molar refractivity (Wildman–Crippen MR) is 109 cm³/mol. The van der Waals surface area contributed by atoms with Crippen LogP contribution in [0.15, 0.2) is 80.6 Å². The number of carbonyl (C=O) groups excluding carboxylic acids is 1. The maximum absolute atomic E-state index is 12.9. The summed E-state index contributed by atoms with van der Waals surface area (Å²) in [6.45, 7) is 0. The maximum atomic E-state index is 12.9.